The largest absolute Gasteiger partial charge is 0.462 e. The Balaban J connectivity index is 1.70. The van der Waals surface area contributed by atoms with Gasteiger partial charge < -0.3 is 10.1 Å². The van der Waals surface area contributed by atoms with Gasteiger partial charge in [0.2, 0.25) is 4.96 Å². The van der Waals surface area contributed by atoms with Crippen molar-refractivity contribution in [1.29, 1.82) is 0 Å². The summed E-state index contributed by atoms with van der Waals surface area (Å²) in [5, 5.41) is 7.17. The first-order valence-electron chi connectivity index (χ1n) is 8.39. The molecule has 0 bridgehead atoms. The lowest BCUT2D eigenvalue weighted by Crippen LogP contribution is -2.17. The van der Waals surface area contributed by atoms with Gasteiger partial charge in [0, 0.05) is 18.2 Å². The second kappa shape index (κ2) is 6.81. The van der Waals surface area contributed by atoms with Crippen LogP contribution >= 0.6 is 11.3 Å². The topological polar surface area (TPSA) is 85.6 Å². The minimum absolute atomic E-state index is 0.135. The number of esters is 1. The van der Waals surface area contributed by atoms with Crippen LogP contribution in [-0.4, -0.2) is 40.1 Å². The van der Waals surface area contributed by atoms with Gasteiger partial charge in [-0.05, 0) is 37.3 Å². The predicted molar refractivity (Wildman–Crippen MR) is 103 cm³/mol. The van der Waals surface area contributed by atoms with Gasteiger partial charge in [0.25, 0.3) is 5.91 Å². The maximum atomic E-state index is 11.9. The van der Waals surface area contributed by atoms with Gasteiger partial charge in [0.15, 0.2) is 5.82 Å². The van der Waals surface area contributed by atoms with Crippen LogP contribution in [0.3, 0.4) is 0 Å². The minimum atomic E-state index is -0.338. The Morgan fingerprint density at radius 1 is 1.15 bits per heavy atom. The van der Waals surface area contributed by atoms with Gasteiger partial charge in [-0.3, -0.25) is 4.79 Å². The maximum Gasteiger partial charge on any atom is 0.338 e. The monoisotopic (exact) mass is 380 g/mol. The molecule has 8 heteroatoms. The zero-order valence-electron chi connectivity index (χ0n) is 14.7. The van der Waals surface area contributed by atoms with Crippen molar-refractivity contribution in [3.05, 3.63) is 53.6 Å². The van der Waals surface area contributed by atoms with E-state index in [1.165, 1.54) is 11.3 Å². The lowest BCUT2D eigenvalue weighted by molar-refractivity contribution is 0.0526. The van der Waals surface area contributed by atoms with Crippen LogP contribution in [0.4, 0.5) is 0 Å². The Hall–Kier alpha value is -3.26. The SMILES string of the molecule is CCOC(=O)c1ccc2c(c1)sc1nc(-c3ccc(C(=O)NC)cc3)nn12. The third kappa shape index (κ3) is 3.04. The number of nitrogens with one attached hydrogen (secondary N) is 1. The normalized spacial score (nSPS) is 11.0. The molecule has 0 unspecified atom stereocenters. The molecular formula is C19H16N4O3S. The third-order valence-corrected chi connectivity index (χ3v) is 5.10. The molecular weight excluding hydrogens is 364 g/mol. The number of thiazole rings is 1. The summed E-state index contributed by atoms with van der Waals surface area (Å²) in [6, 6.07) is 12.5. The Labute approximate surface area is 158 Å². The second-order valence-corrected chi connectivity index (χ2v) is 6.80. The lowest BCUT2D eigenvalue weighted by Gasteiger charge is -2.01. The number of aromatic nitrogens is 3. The van der Waals surface area contributed by atoms with Crippen molar-refractivity contribution in [3.8, 4) is 11.4 Å². The van der Waals surface area contributed by atoms with E-state index >= 15 is 0 Å². The first-order chi connectivity index (χ1) is 13.1. The van der Waals surface area contributed by atoms with Crippen LogP contribution in [0.1, 0.15) is 27.6 Å². The molecule has 1 N–H and O–H groups in total. The van der Waals surface area contributed by atoms with E-state index in [2.05, 4.69) is 15.4 Å². The van der Waals surface area contributed by atoms with E-state index in [1.54, 1.807) is 42.8 Å². The molecule has 0 radical (unpaired) electrons. The van der Waals surface area contributed by atoms with E-state index in [9.17, 15) is 9.59 Å². The summed E-state index contributed by atoms with van der Waals surface area (Å²) in [7, 11) is 1.60. The lowest BCUT2D eigenvalue weighted by atomic mass is 10.1. The molecule has 0 atom stereocenters. The molecule has 2 aromatic heterocycles. The average molecular weight is 380 g/mol. The second-order valence-electron chi connectivity index (χ2n) is 5.79. The van der Waals surface area contributed by atoms with Gasteiger partial charge in [0.05, 0.1) is 22.4 Å². The Bertz CT molecular complexity index is 1160. The summed E-state index contributed by atoms with van der Waals surface area (Å²) >= 11 is 1.46. The summed E-state index contributed by atoms with van der Waals surface area (Å²) in [6.07, 6.45) is 0. The third-order valence-electron chi connectivity index (χ3n) is 4.11. The van der Waals surface area contributed by atoms with Crippen LogP contribution in [0.25, 0.3) is 26.6 Å². The van der Waals surface area contributed by atoms with Gasteiger partial charge in [-0.15, -0.1) is 5.10 Å². The molecule has 1 amide bonds. The number of hydrogen-bond acceptors (Lipinski definition) is 6. The summed E-state index contributed by atoms with van der Waals surface area (Å²) in [5.41, 5.74) is 2.80. The number of carbonyl (C=O) groups is 2. The standard InChI is InChI=1S/C19H16N4O3S/c1-3-26-18(25)13-8-9-14-15(10-13)27-19-21-16(22-23(14)19)11-4-6-12(7-5-11)17(24)20-2/h4-10H,3H2,1-2H3,(H,20,24). The van der Waals surface area contributed by atoms with Gasteiger partial charge in [-0.25, -0.2) is 9.31 Å². The summed E-state index contributed by atoms with van der Waals surface area (Å²) in [5.74, 6) is 0.111. The Morgan fingerprint density at radius 3 is 2.59 bits per heavy atom. The zero-order chi connectivity index (χ0) is 19.0. The van der Waals surface area contributed by atoms with Crippen LogP contribution in [0.5, 0.6) is 0 Å². The molecule has 0 aliphatic heterocycles. The van der Waals surface area contributed by atoms with Crippen molar-refractivity contribution >= 4 is 38.4 Å². The number of rotatable bonds is 4. The molecule has 0 aliphatic carbocycles. The van der Waals surface area contributed by atoms with E-state index in [4.69, 9.17) is 4.74 Å². The number of nitrogens with zero attached hydrogens (tertiary/aromatic N) is 3. The van der Waals surface area contributed by atoms with Crippen LogP contribution in [0.2, 0.25) is 0 Å². The first-order valence-corrected chi connectivity index (χ1v) is 9.21. The quantitative estimate of drug-likeness (QED) is 0.550. The molecule has 4 aromatic rings. The van der Waals surface area contributed by atoms with E-state index in [-0.39, 0.29) is 11.9 Å². The van der Waals surface area contributed by atoms with Crippen molar-refractivity contribution in [2.75, 3.05) is 13.7 Å². The number of benzene rings is 2. The average Bonchev–Trinajstić information content (AvgIpc) is 3.25. The van der Waals surface area contributed by atoms with E-state index in [1.807, 2.05) is 18.2 Å². The van der Waals surface area contributed by atoms with E-state index < -0.39 is 0 Å². The van der Waals surface area contributed by atoms with Gasteiger partial charge >= 0.3 is 5.97 Å². The molecule has 2 heterocycles. The number of amides is 1. The van der Waals surface area contributed by atoms with Crippen molar-refractivity contribution in [3.63, 3.8) is 0 Å². The van der Waals surface area contributed by atoms with Crippen LogP contribution in [0.15, 0.2) is 42.5 Å². The molecule has 7 nitrogen and oxygen atoms in total. The number of fused-ring (bicyclic) bond motifs is 3. The van der Waals surface area contributed by atoms with Crippen molar-refractivity contribution in [2.45, 2.75) is 6.92 Å². The molecule has 0 saturated carbocycles. The molecule has 4 rings (SSSR count). The molecule has 0 fully saturated rings. The zero-order valence-corrected chi connectivity index (χ0v) is 15.5. The summed E-state index contributed by atoms with van der Waals surface area (Å²) in [4.78, 5) is 28.9. The van der Waals surface area contributed by atoms with Crippen molar-refractivity contribution in [1.82, 2.24) is 19.9 Å². The Morgan fingerprint density at radius 2 is 1.89 bits per heavy atom. The van der Waals surface area contributed by atoms with Crippen molar-refractivity contribution in [2.24, 2.45) is 0 Å². The Kier molecular flexibility index (Phi) is 4.33. The van der Waals surface area contributed by atoms with Gasteiger partial charge in [-0.1, -0.05) is 23.5 Å². The first kappa shape index (κ1) is 17.2. The molecule has 0 spiro atoms. The molecule has 2 aromatic carbocycles. The fourth-order valence-electron chi connectivity index (χ4n) is 2.77. The highest BCUT2D eigenvalue weighted by molar-refractivity contribution is 7.23. The van der Waals surface area contributed by atoms with Crippen LogP contribution in [0, 0.1) is 0 Å². The minimum Gasteiger partial charge on any atom is -0.462 e. The fraction of sp³-hybridized carbons (Fsp3) is 0.158. The predicted octanol–water partition coefficient (Wildman–Crippen LogP) is 3.15. The highest BCUT2D eigenvalue weighted by Crippen LogP contribution is 2.28. The molecule has 136 valence electrons. The highest BCUT2D eigenvalue weighted by Gasteiger charge is 2.15. The van der Waals surface area contributed by atoms with E-state index in [0.717, 1.165) is 20.7 Å². The fourth-order valence-corrected chi connectivity index (χ4v) is 3.77. The van der Waals surface area contributed by atoms with Crippen LogP contribution in [-0.2, 0) is 4.74 Å². The summed E-state index contributed by atoms with van der Waals surface area (Å²) in [6.45, 7) is 2.12. The highest BCUT2D eigenvalue weighted by atomic mass is 32.1. The summed E-state index contributed by atoms with van der Waals surface area (Å²) < 4.78 is 7.72. The van der Waals surface area contributed by atoms with Gasteiger partial charge in [0.1, 0.15) is 0 Å². The van der Waals surface area contributed by atoms with Crippen LogP contribution < -0.4 is 5.32 Å². The van der Waals surface area contributed by atoms with Crippen molar-refractivity contribution < 1.29 is 14.3 Å². The number of ether oxygens (including phenoxy) is 1. The maximum absolute atomic E-state index is 11.9. The molecule has 27 heavy (non-hydrogen) atoms. The number of carbonyl (C=O) groups excluding carboxylic acids is 2. The smallest absolute Gasteiger partial charge is 0.338 e. The molecule has 0 saturated heterocycles. The number of hydrogen-bond donors (Lipinski definition) is 1. The van der Waals surface area contributed by atoms with E-state index in [0.29, 0.717) is 23.6 Å². The molecule has 0 aliphatic rings. The van der Waals surface area contributed by atoms with Gasteiger partial charge in [-0.2, -0.15) is 4.98 Å².